The zero-order valence-corrected chi connectivity index (χ0v) is 21.9. The molecule has 0 spiro atoms. The number of methoxy groups -OCH3 is 2. The van der Waals surface area contributed by atoms with Gasteiger partial charge < -0.3 is 14.2 Å². The van der Waals surface area contributed by atoms with Gasteiger partial charge in [0, 0.05) is 38.8 Å². The molecule has 1 fully saturated rings. The third-order valence-electron chi connectivity index (χ3n) is 6.43. The molecule has 1 heterocycles. The van der Waals surface area contributed by atoms with Crippen molar-refractivity contribution in [3.05, 3.63) is 89.5 Å². The molecule has 1 atom stereocenters. The van der Waals surface area contributed by atoms with Gasteiger partial charge in [0.05, 0.1) is 43.5 Å². The van der Waals surface area contributed by atoms with E-state index in [1.165, 1.54) is 11.4 Å². The van der Waals surface area contributed by atoms with E-state index in [-0.39, 0.29) is 11.0 Å². The Labute approximate surface area is 218 Å². The monoisotopic (exact) mass is 521 g/mol. The number of nitriles is 1. The van der Waals surface area contributed by atoms with Crippen LogP contribution in [0.5, 0.6) is 11.5 Å². The summed E-state index contributed by atoms with van der Waals surface area (Å²) in [4.78, 5) is 2.46. The highest BCUT2D eigenvalue weighted by Crippen LogP contribution is 2.26. The molecular formula is C28H31N3O5S. The first-order valence-corrected chi connectivity index (χ1v) is 13.5. The second-order valence-electron chi connectivity index (χ2n) is 8.77. The molecule has 8 nitrogen and oxygen atoms in total. The molecule has 0 amide bonds. The number of rotatable bonds is 10. The largest absolute Gasteiger partial charge is 0.497 e. The molecule has 9 heteroatoms. The maximum atomic E-state index is 13.2. The molecule has 0 aliphatic carbocycles. The van der Waals surface area contributed by atoms with Crippen molar-refractivity contribution in [3.8, 4) is 17.6 Å². The van der Waals surface area contributed by atoms with E-state index in [0.717, 1.165) is 16.9 Å². The fourth-order valence-corrected chi connectivity index (χ4v) is 5.72. The minimum Gasteiger partial charge on any atom is -0.497 e. The van der Waals surface area contributed by atoms with Gasteiger partial charge in [-0.15, -0.1) is 0 Å². The molecule has 1 saturated heterocycles. The van der Waals surface area contributed by atoms with Crippen LogP contribution in [-0.4, -0.2) is 64.6 Å². The van der Waals surface area contributed by atoms with Crippen LogP contribution in [-0.2, 0) is 21.4 Å². The number of sulfonamides is 1. The van der Waals surface area contributed by atoms with Crippen LogP contribution in [0.2, 0.25) is 0 Å². The molecule has 194 valence electrons. The molecule has 0 saturated carbocycles. The number of nitrogens with zero attached hydrogens (tertiary/aromatic N) is 3. The molecule has 37 heavy (non-hydrogen) atoms. The maximum Gasteiger partial charge on any atom is 0.243 e. The highest BCUT2D eigenvalue weighted by molar-refractivity contribution is 7.89. The van der Waals surface area contributed by atoms with Crippen LogP contribution in [0.3, 0.4) is 0 Å². The summed E-state index contributed by atoms with van der Waals surface area (Å²) in [5, 5.41) is 9.04. The SMILES string of the molecule is COc1cccc([C@@H](CN2CCN(S(=O)(=O)c3cccc(OC)c3)CC2)OCc2ccc(C#N)cc2)c1. The second kappa shape index (κ2) is 12.2. The highest BCUT2D eigenvalue weighted by atomic mass is 32.2. The summed E-state index contributed by atoms with van der Waals surface area (Å²) >= 11 is 0. The van der Waals surface area contributed by atoms with E-state index in [0.29, 0.717) is 50.6 Å². The summed E-state index contributed by atoms with van der Waals surface area (Å²) in [6, 6.07) is 23.8. The molecule has 3 aromatic carbocycles. The molecule has 0 aromatic heterocycles. The van der Waals surface area contributed by atoms with E-state index in [1.54, 1.807) is 43.5 Å². The van der Waals surface area contributed by atoms with Crippen molar-refractivity contribution in [2.24, 2.45) is 0 Å². The Morgan fingerprint density at radius 3 is 2.19 bits per heavy atom. The van der Waals surface area contributed by atoms with Crippen molar-refractivity contribution < 1.29 is 22.6 Å². The third kappa shape index (κ3) is 6.67. The first-order chi connectivity index (χ1) is 17.9. The normalized spacial score (nSPS) is 15.6. The molecule has 0 N–H and O–H groups in total. The Morgan fingerprint density at radius 1 is 0.892 bits per heavy atom. The Bertz CT molecular complexity index is 1330. The average Bonchev–Trinajstić information content (AvgIpc) is 2.95. The number of benzene rings is 3. The van der Waals surface area contributed by atoms with E-state index < -0.39 is 10.0 Å². The average molecular weight is 522 g/mol. The molecule has 1 aliphatic heterocycles. The molecular weight excluding hydrogens is 490 g/mol. The summed E-state index contributed by atoms with van der Waals surface area (Å²) in [6.45, 7) is 2.95. The Morgan fingerprint density at radius 2 is 1.54 bits per heavy atom. The number of hydrogen-bond donors (Lipinski definition) is 0. The van der Waals surface area contributed by atoms with E-state index in [2.05, 4.69) is 11.0 Å². The third-order valence-corrected chi connectivity index (χ3v) is 8.33. The van der Waals surface area contributed by atoms with Gasteiger partial charge in [0.2, 0.25) is 10.0 Å². The smallest absolute Gasteiger partial charge is 0.243 e. The summed E-state index contributed by atoms with van der Waals surface area (Å²) < 4.78 is 44.8. The fourth-order valence-electron chi connectivity index (χ4n) is 4.27. The molecule has 0 radical (unpaired) electrons. The van der Waals surface area contributed by atoms with Gasteiger partial charge in [0.25, 0.3) is 0 Å². The molecule has 0 unspecified atom stereocenters. The maximum absolute atomic E-state index is 13.2. The van der Waals surface area contributed by atoms with E-state index in [1.807, 2.05) is 36.4 Å². The van der Waals surface area contributed by atoms with Gasteiger partial charge in [-0.2, -0.15) is 9.57 Å². The zero-order chi connectivity index (χ0) is 26.3. The van der Waals surface area contributed by atoms with Gasteiger partial charge >= 0.3 is 0 Å². The van der Waals surface area contributed by atoms with Crippen molar-refractivity contribution in [1.82, 2.24) is 9.21 Å². The highest BCUT2D eigenvalue weighted by Gasteiger charge is 2.30. The Balaban J connectivity index is 1.43. The predicted octanol–water partition coefficient (Wildman–Crippen LogP) is 3.84. The minimum absolute atomic E-state index is 0.236. The van der Waals surface area contributed by atoms with Gasteiger partial charge in [-0.1, -0.05) is 30.3 Å². The van der Waals surface area contributed by atoms with Crippen LogP contribution >= 0.6 is 0 Å². The number of hydrogen-bond acceptors (Lipinski definition) is 7. The van der Waals surface area contributed by atoms with Crippen molar-refractivity contribution in [3.63, 3.8) is 0 Å². The van der Waals surface area contributed by atoms with Crippen LogP contribution in [0, 0.1) is 11.3 Å². The zero-order valence-electron chi connectivity index (χ0n) is 21.0. The standard InChI is InChI=1S/C28H31N3O5S/c1-34-25-6-3-5-24(17-25)28(36-21-23-11-9-22(19-29)10-12-23)20-30-13-15-31(16-14-30)37(32,33)27-8-4-7-26(18-27)35-2/h3-12,17-18,28H,13-16,20-21H2,1-2H3/t28-/m1/s1. The van der Waals surface area contributed by atoms with Crippen molar-refractivity contribution in [1.29, 1.82) is 5.26 Å². The predicted molar refractivity (Wildman–Crippen MR) is 140 cm³/mol. The fraction of sp³-hybridized carbons (Fsp3) is 0.321. The van der Waals surface area contributed by atoms with Crippen LogP contribution in [0.15, 0.2) is 77.7 Å². The summed E-state index contributed by atoms with van der Waals surface area (Å²) in [5.41, 5.74) is 2.57. The summed E-state index contributed by atoms with van der Waals surface area (Å²) in [5.74, 6) is 1.26. The van der Waals surface area contributed by atoms with Crippen molar-refractivity contribution >= 4 is 10.0 Å². The van der Waals surface area contributed by atoms with E-state index >= 15 is 0 Å². The molecule has 1 aliphatic rings. The second-order valence-corrected chi connectivity index (χ2v) is 10.7. The molecule has 4 rings (SSSR count). The number of piperazine rings is 1. The van der Waals surface area contributed by atoms with Crippen LogP contribution in [0.25, 0.3) is 0 Å². The van der Waals surface area contributed by atoms with E-state index in [4.69, 9.17) is 19.5 Å². The lowest BCUT2D eigenvalue weighted by atomic mass is 10.1. The lowest BCUT2D eigenvalue weighted by Crippen LogP contribution is -2.49. The van der Waals surface area contributed by atoms with Crippen LogP contribution in [0.1, 0.15) is 22.8 Å². The molecule has 0 bridgehead atoms. The first-order valence-electron chi connectivity index (χ1n) is 12.0. The quantitative estimate of drug-likeness (QED) is 0.400. The van der Waals surface area contributed by atoms with Gasteiger partial charge in [0.15, 0.2) is 0 Å². The topological polar surface area (TPSA) is 92.1 Å². The lowest BCUT2D eigenvalue weighted by molar-refractivity contribution is 0.00763. The van der Waals surface area contributed by atoms with E-state index in [9.17, 15) is 8.42 Å². The minimum atomic E-state index is -3.60. The van der Waals surface area contributed by atoms with Gasteiger partial charge in [-0.3, -0.25) is 4.90 Å². The van der Waals surface area contributed by atoms with Gasteiger partial charge in [0.1, 0.15) is 11.5 Å². The van der Waals surface area contributed by atoms with Crippen LogP contribution in [0.4, 0.5) is 0 Å². The first kappa shape index (κ1) is 26.6. The number of ether oxygens (including phenoxy) is 3. The molecule has 3 aromatic rings. The van der Waals surface area contributed by atoms with Crippen molar-refractivity contribution in [2.75, 3.05) is 46.9 Å². The summed E-state index contributed by atoms with van der Waals surface area (Å²) in [6.07, 6.45) is -0.243. The Kier molecular flexibility index (Phi) is 8.79. The summed E-state index contributed by atoms with van der Waals surface area (Å²) in [7, 11) is -0.451. The van der Waals surface area contributed by atoms with Crippen LogP contribution < -0.4 is 9.47 Å². The van der Waals surface area contributed by atoms with Gasteiger partial charge in [-0.25, -0.2) is 8.42 Å². The lowest BCUT2D eigenvalue weighted by Gasteiger charge is -2.36. The Hall–Kier alpha value is -3.42. The van der Waals surface area contributed by atoms with Gasteiger partial charge in [-0.05, 0) is 47.5 Å². The van der Waals surface area contributed by atoms with Crippen molar-refractivity contribution in [2.45, 2.75) is 17.6 Å².